The number of anilines is 2. The van der Waals surface area contributed by atoms with Crippen LogP contribution in [0.5, 0.6) is 0 Å². The van der Waals surface area contributed by atoms with Crippen molar-refractivity contribution in [3.8, 4) is 0 Å². The van der Waals surface area contributed by atoms with Gasteiger partial charge < -0.3 is 4.90 Å². The van der Waals surface area contributed by atoms with Gasteiger partial charge in [0.2, 0.25) is 0 Å². The van der Waals surface area contributed by atoms with Crippen LogP contribution in [0.4, 0.5) is 11.4 Å². The SMILES string of the molecule is C/C=C/C=C\C(=C(/C)C(C)CC)c1ccc2c(c1)N(C)OCCN2C. The molecule has 0 amide bonds. The van der Waals surface area contributed by atoms with Gasteiger partial charge in [0.15, 0.2) is 0 Å². The number of hydrogen-bond acceptors (Lipinski definition) is 3. The number of benzene rings is 1. The molecule has 0 saturated carbocycles. The molecule has 1 aliphatic rings. The van der Waals surface area contributed by atoms with Crippen molar-refractivity contribution in [1.29, 1.82) is 0 Å². The first-order valence-corrected chi connectivity index (χ1v) is 9.21. The molecule has 1 heterocycles. The normalized spacial score (nSPS) is 17.7. The highest BCUT2D eigenvalue weighted by atomic mass is 16.7. The lowest BCUT2D eigenvalue weighted by Gasteiger charge is -2.23. The average molecular weight is 341 g/mol. The Labute approximate surface area is 153 Å². The van der Waals surface area contributed by atoms with Gasteiger partial charge >= 0.3 is 0 Å². The van der Waals surface area contributed by atoms with Gasteiger partial charge in [0.25, 0.3) is 0 Å². The summed E-state index contributed by atoms with van der Waals surface area (Å²) in [6.45, 7) is 10.4. The summed E-state index contributed by atoms with van der Waals surface area (Å²) in [5.74, 6) is 0.556. The van der Waals surface area contributed by atoms with Gasteiger partial charge in [-0.2, -0.15) is 0 Å². The monoisotopic (exact) mass is 340 g/mol. The third-order valence-electron chi connectivity index (χ3n) is 5.09. The third kappa shape index (κ3) is 4.55. The first-order chi connectivity index (χ1) is 12.0. The second kappa shape index (κ2) is 8.91. The number of hydrogen-bond donors (Lipinski definition) is 0. The van der Waals surface area contributed by atoms with Crippen molar-refractivity contribution < 1.29 is 4.84 Å². The van der Waals surface area contributed by atoms with Gasteiger partial charge in [-0.3, -0.25) is 9.90 Å². The van der Waals surface area contributed by atoms with E-state index in [1.165, 1.54) is 22.4 Å². The predicted octanol–water partition coefficient (Wildman–Crippen LogP) is 5.46. The van der Waals surface area contributed by atoms with E-state index in [0.717, 1.165) is 18.7 Å². The summed E-state index contributed by atoms with van der Waals surface area (Å²) in [6, 6.07) is 6.69. The Morgan fingerprint density at radius 1 is 1.24 bits per heavy atom. The number of allylic oxidation sites excluding steroid dienone is 6. The summed E-state index contributed by atoms with van der Waals surface area (Å²) in [5.41, 5.74) is 6.29. The van der Waals surface area contributed by atoms with Crippen LogP contribution >= 0.6 is 0 Å². The predicted molar refractivity (Wildman–Crippen MR) is 110 cm³/mol. The van der Waals surface area contributed by atoms with Gasteiger partial charge in [0.05, 0.1) is 18.0 Å². The molecule has 3 heteroatoms. The lowest BCUT2D eigenvalue weighted by molar-refractivity contribution is 0.132. The average Bonchev–Trinajstić information content (AvgIpc) is 2.76. The Morgan fingerprint density at radius 2 is 2.00 bits per heavy atom. The van der Waals surface area contributed by atoms with Crippen molar-refractivity contribution in [2.45, 2.75) is 34.1 Å². The molecule has 1 aliphatic heterocycles. The van der Waals surface area contributed by atoms with Gasteiger partial charge in [-0.15, -0.1) is 0 Å². The molecule has 25 heavy (non-hydrogen) atoms. The highest BCUT2D eigenvalue weighted by molar-refractivity contribution is 5.82. The molecule has 0 N–H and O–H groups in total. The Kier molecular flexibility index (Phi) is 6.89. The van der Waals surface area contributed by atoms with Crippen LogP contribution in [0.1, 0.15) is 39.7 Å². The van der Waals surface area contributed by atoms with E-state index >= 15 is 0 Å². The molecule has 1 aromatic rings. The Morgan fingerprint density at radius 3 is 2.68 bits per heavy atom. The highest BCUT2D eigenvalue weighted by Gasteiger charge is 2.18. The summed E-state index contributed by atoms with van der Waals surface area (Å²) < 4.78 is 0. The van der Waals surface area contributed by atoms with Gasteiger partial charge in [-0.05, 0) is 49.5 Å². The Balaban J connectivity index is 2.55. The number of likely N-dealkylation sites (N-methyl/N-ethyl adjacent to an activating group) is 1. The van der Waals surface area contributed by atoms with E-state index in [4.69, 9.17) is 4.84 Å². The topological polar surface area (TPSA) is 15.7 Å². The molecule has 0 aliphatic carbocycles. The van der Waals surface area contributed by atoms with Crippen molar-refractivity contribution in [2.24, 2.45) is 5.92 Å². The fourth-order valence-corrected chi connectivity index (χ4v) is 3.06. The van der Waals surface area contributed by atoms with Crippen molar-refractivity contribution in [3.05, 3.63) is 53.6 Å². The smallest absolute Gasteiger partial charge is 0.0923 e. The first kappa shape index (κ1) is 19.3. The van der Waals surface area contributed by atoms with Crippen LogP contribution in [-0.2, 0) is 4.84 Å². The molecule has 0 aromatic heterocycles. The van der Waals surface area contributed by atoms with Gasteiger partial charge in [-0.1, -0.05) is 49.8 Å². The molecule has 1 aromatic carbocycles. The summed E-state index contributed by atoms with van der Waals surface area (Å²) in [5, 5.41) is 1.90. The fraction of sp³-hybridized carbons (Fsp3) is 0.455. The zero-order chi connectivity index (χ0) is 18.4. The third-order valence-corrected chi connectivity index (χ3v) is 5.09. The number of nitrogens with zero attached hydrogens (tertiary/aromatic N) is 2. The lowest BCUT2D eigenvalue weighted by atomic mass is 9.90. The van der Waals surface area contributed by atoms with Crippen LogP contribution in [-0.4, -0.2) is 27.2 Å². The van der Waals surface area contributed by atoms with E-state index in [0.29, 0.717) is 12.5 Å². The first-order valence-electron chi connectivity index (χ1n) is 9.21. The van der Waals surface area contributed by atoms with Gasteiger partial charge in [-0.25, -0.2) is 0 Å². The second-order valence-corrected chi connectivity index (χ2v) is 6.75. The van der Waals surface area contributed by atoms with Gasteiger partial charge in [0, 0.05) is 20.6 Å². The fourth-order valence-electron chi connectivity index (χ4n) is 3.06. The molecule has 0 bridgehead atoms. The van der Waals surface area contributed by atoms with E-state index in [2.05, 4.69) is 75.2 Å². The maximum atomic E-state index is 5.81. The van der Waals surface area contributed by atoms with Gasteiger partial charge in [0.1, 0.15) is 0 Å². The zero-order valence-corrected chi connectivity index (χ0v) is 16.5. The van der Waals surface area contributed by atoms with Crippen LogP contribution in [0.2, 0.25) is 0 Å². The number of hydroxylamine groups is 1. The molecule has 2 rings (SSSR count). The zero-order valence-electron chi connectivity index (χ0n) is 16.5. The standard InChI is InChI=1S/C22H32N2O/c1-7-9-10-11-20(18(4)17(3)8-2)19-12-13-21-22(16-19)24(6)25-15-14-23(21)5/h7,9-13,16-17H,8,14-15H2,1-6H3/b9-7+,11-10-,20-18-. The lowest BCUT2D eigenvalue weighted by Crippen LogP contribution is -2.20. The molecule has 3 nitrogen and oxygen atoms in total. The maximum Gasteiger partial charge on any atom is 0.0923 e. The van der Waals surface area contributed by atoms with Crippen LogP contribution in [0.15, 0.2) is 48.1 Å². The summed E-state index contributed by atoms with van der Waals surface area (Å²) in [7, 11) is 4.11. The largest absolute Gasteiger partial charge is 0.370 e. The molecule has 0 radical (unpaired) electrons. The minimum Gasteiger partial charge on any atom is -0.370 e. The minimum atomic E-state index is 0.556. The summed E-state index contributed by atoms with van der Waals surface area (Å²) in [6.07, 6.45) is 9.63. The minimum absolute atomic E-state index is 0.556. The molecular formula is C22H32N2O. The summed E-state index contributed by atoms with van der Waals surface area (Å²) in [4.78, 5) is 8.06. The molecule has 0 saturated heterocycles. The Hall–Kier alpha value is -2.00. The van der Waals surface area contributed by atoms with E-state index in [9.17, 15) is 0 Å². The summed E-state index contributed by atoms with van der Waals surface area (Å²) >= 11 is 0. The van der Waals surface area contributed by atoms with Crippen molar-refractivity contribution >= 4 is 16.9 Å². The quantitative estimate of drug-likeness (QED) is 0.662. The van der Waals surface area contributed by atoms with E-state index < -0.39 is 0 Å². The molecule has 1 unspecified atom stereocenters. The molecule has 1 atom stereocenters. The maximum absolute atomic E-state index is 5.81. The van der Waals surface area contributed by atoms with E-state index in [1.807, 2.05) is 19.0 Å². The number of rotatable bonds is 5. The highest BCUT2D eigenvalue weighted by Crippen LogP contribution is 2.35. The molecular weight excluding hydrogens is 308 g/mol. The molecule has 0 spiro atoms. The van der Waals surface area contributed by atoms with Crippen molar-refractivity contribution in [1.82, 2.24) is 0 Å². The van der Waals surface area contributed by atoms with E-state index in [1.54, 1.807) is 0 Å². The second-order valence-electron chi connectivity index (χ2n) is 6.75. The van der Waals surface area contributed by atoms with Crippen LogP contribution in [0.25, 0.3) is 5.57 Å². The van der Waals surface area contributed by atoms with Crippen LogP contribution in [0.3, 0.4) is 0 Å². The van der Waals surface area contributed by atoms with E-state index in [-0.39, 0.29) is 0 Å². The number of fused-ring (bicyclic) bond motifs is 1. The van der Waals surface area contributed by atoms with Crippen molar-refractivity contribution in [3.63, 3.8) is 0 Å². The molecule has 136 valence electrons. The molecule has 0 fully saturated rings. The van der Waals surface area contributed by atoms with Crippen LogP contribution < -0.4 is 9.96 Å². The van der Waals surface area contributed by atoms with Crippen molar-refractivity contribution in [2.75, 3.05) is 37.2 Å². The van der Waals surface area contributed by atoms with Crippen LogP contribution in [0, 0.1) is 5.92 Å². The Bertz CT molecular complexity index is 673.